The molecule has 2 aromatic rings. The molecule has 178 valence electrons. The van der Waals surface area contributed by atoms with Crippen molar-refractivity contribution in [1.29, 1.82) is 0 Å². The Kier molecular flexibility index (Phi) is 6.90. The van der Waals surface area contributed by atoms with E-state index >= 15 is 0 Å². The molecule has 0 saturated carbocycles. The van der Waals surface area contributed by atoms with Crippen LogP contribution < -0.4 is 5.32 Å². The summed E-state index contributed by atoms with van der Waals surface area (Å²) in [5, 5.41) is 2.81. The Hall–Kier alpha value is -2.27. The monoisotopic (exact) mass is 491 g/mol. The zero-order chi connectivity index (χ0) is 23.6. The molecule has 1 atom stereocenters. The van der Waals surface area contributed by atoms with Crippen LogP contribution in [0.15, 0.2) is 58.3 Å². The fourth-order valence-corrected chi connectivity index (χ4v) is 7.31. The van der Waals surface area contributed by atoms with Gasteiger partial charge in [-0.25, -0.2) is 16.8 Å². The molecule has 1 amide bonds. The van der Waals surface area contributed by atoms with E-state index in [1.807, 2.05) is 6.92 Å². The summed E-state index contributed by atoms with van der Waals surface area (Å²) >= 11 is 0. The number of sulfonamides is 2. The first kappa shape index (κ1) is 23.9. The number of hydrogen-bond donors (Lipinski definition) is 1. The highest BCUT2D eigenvalue weighted by atomic mass is 32.2. The van der Waals surface area contributed by atoms with Crippen molar-refractivity contribution in [2.75, 3.05) is 31.5 Å². The van der Waals surface area contributed by atoms with E-state index < -0.39 is 26.0 Å². The predicted octanol–water partition coefficient (Wildman–Crippen LogP) is 2.82. The molecule has 1 N–H and O–H groups in total. The van der Waals surface area contributed by atoms with E-state index in [1.54, 1.807) is 36.4 Å². The molecule has 0 radical (unpaired) electrons. The van der Waals surface area contributed by atoms with Crippen molar-refractivity contribution in [1.82, 2.24) is 8.61 Å². The predicted molar refractivity (Wildman–Crippen MR) is 126 cm³/mol. The Labute approximate surface area is 195 Å². The topological polar surface area (TPSA) is 104 Å². The molecule has 2 saturated heterocycles. The fraction of sp³-hybridized carbons (Fsp3) is 0.435. The third kappa shape index (κ3) is 5.13. The maximum Gasteiger partial charge on any atom is 0.243 e. The van der Waals surface area contributed by atoms with Gasteiger partial charge in [-0.05, 0) is 69.0 Å². The lowest BCUT2D eigenvalue weighted by Crippen LogP contribution is -2.43. The summed E-state index contributed by atoms with van der Waals surface area (Å²) < 4.78 is 54.2. The van der Waals surface area contributed by atoms with Gasteiger partial charge in [-0.2, -0.15) is 8.61 Å². The Morgan fingerprint density at radius 3 is 1.91 bits per heavy atom. The maximum atomic E-state index is 13.0. The Bertz CT molecular complexity index is 1200. The number of nitrogens with one attached hydrogen (secondary N) is 1. The van der Waals surface area contributed by atoms with Crippen LogP contribution in [0.4, 0.5) is 5.69 Å². The van der Waals surface area contributed by atoms with E-state index in [-0.39, 0.29) is 22.2 Å². The van der Waals surface area contributed by atoms with Gasteiger partial charge in [-0.15, -0.1) is 0 Å². The van der Waals surface area contributed by atoms with Gasteiger partial charge >= 0.3 is 0 Å². The smallest absolute Gasteiger partial charge is 0.243 e. The van der Waals surface area contributed by atoms with Gasteiger partial charge in [-0.3, -0.25) is 4.79 Å². The molecule has 33 heavy (non-hydrogen) atoms. The summed E-state index contributed by atoms with van der Waals surface area (Å²) in [7, 11) is -7.18. The van der Waals surface area contributed by atoms with E-state index in [2.05, 4.69) is 5.32 Å². The average molecular weight is 492 g/mol. The van der Waals surface area contributed by atoms with E-state index in [4.69, 9.17) is 0 Å². The van der Waals surface area contributed by atoms with Crippen LogP contribution in [0, 0.1) is 12.8 Å². The number of rotatable bonds is 6. The lowest BCUT2D eigenvalue weighted by molar-refractivity contribution is -0.120. The molecule has 8 nitrogen and oxygen atoms in total. The minimum Gasteiger partial charge on any atom is -0.326 e. The number of amides is 1. The van der Waals surface area contributed by atoms with E-state index in [0.29, 0.717) is 38.2 Å². The van der Waals surface area contributed by atoms with Crippen molar-refractivity contribution in [3.63, 3.8) is 0 Å². The number of anilines is 1. The lowest BCUT2D eigenvalue weighted by atomic mass is 9.99. The van der Waals surface area contributed by atoms with Crippen LogP contribution >= 0.6 is 0 Å². The molecule has 4 rings (SSSR count). The van der Waals surface area contributed by atoms with E-state index in [1.165, 1.54) is 20.7 Å². The third-order valence-electron chi connectivity index (χ3n) is 6.24. The molecule has 0 aromatic heterocycles. The second kappa shape index (κ2) is 9.54. The van der Waals surface area contributed by atoms with Crippen LogP contribution in [0.25, 0.3) is 0 Å². The third-order valence-corrected chi connectivity index (χ3v) is 10.0. The molecule has 0 spiro atoms. The quantitative estimate of drug-likeness (QED) is 0.669. The second-order valence-corrected chi connectivity index (χ2v) is 12.5. The van der Waals surface area contributed by atoms with Gasteiger partial charge in [0.05, 0.1) is 15.7 Å². The number of carbonyl (C=O) groups excluding carboxylic acids is 1. The van der Waals surface area contributed by atoms with Gasteiger partial charge in [0, 0.05) is 31.9 Å². The van der Waals surface area contributed by atoms with E-state index in [0.717, 1.165) is 18.4 Å². The van der Waals surface area contributed by atoms with Crippen molar-refractivity contribution >= 4 is 31.6 Å². The molecule has 2 fully saturated rings. The number of nitrogens with zero attached hydrogens (tertiary/aromatic N) is 2. The zero-order valence-corrected chi connectivity index (χ0v) is 20.2. The Balaban J connectivity index is 1.41. The molecular formula is C23H29N3O5S2. The van der Waals surface area contributed by atoms with Crippen LogP contribution in [0.5, 0.6) is 0 Å². The molecular weight excluding hydrogens is 462 g/mol. The van der Waals surface area contributed by atoms with Gasteiger partial charge in [0.15, 0.2) is 0 Å². The van der Waals surface area contributed by atoms with Crippen molar-refractivity contribution in [3.05, 3.63) is 54.1 Å². The molecule has 2 aliphatic heterocycles. The molecule has 2 aromatic carbocycles. The van der Waals surface area contributed by atoms with Crippen LogP contribution in [-0.4, -0.2) is 57.5 Å². The maximum absolute atomic E-state index is 13.0. The summed E-state index contributed by atoms with van der Waals surface area (Å²) in [5.41, 5.74) is 1.46. The Morgan fingerprint density at radius 2 is 1.30 bits per heavy atom. The van der Waals surface area contributed by atoms with Crippen molar-refractivity contribution in [2.24, 2.45) is 5.92 Å². The van der Waals surface area contributed by atoms with Crippen LogP contribution in [0.1, 0.15) is 31.2 Å². The Morgan fingerprint density at radius 1 is 0.788 bits per heavy atom. The minimum absolute atomic E-state index is 0.115. The zero-order valence-electron chi connectivity index (χ0n) is 18.6. The van der Waals surface area contributed by atoms with Gasteiger partial charge in [0.2, 0.25) is 26.0 Å². The van der Waals surface area contributed by atoms with Crippen molar-refractivity contribution < 1.29 is 21.6 Å². The molecule has 0 bridgehead atoms. The fourth-order valence-electron chi connectivity index (χ4n) is 4.27. The molecule has 0 aliphatic carbocycles. The second-order valence-electron chi connectivity index (χ2n) is 8.64. The SMILES string of the molecule is Cc1ccc(S(=O)(=O)N2CCCC(C(=O)Nc3ccc(S(=O)(=O)N4CCCC4)cc3)C2)cc1. The van der Waals surface area contributed by atoms with E-state index in [9.17, 15) is 21.6 Å². The highest BCUT2D eigenvalue weighted by Gasteiger charge is 2.33. The van der Waals surface area contributed by atoms with Gasteiger partial charge in [-0.1, -0.05) is 17.7 Å². The summed E-state index contributed by atoms with van der Waals surface area (Å²) in [6.45, 7) is 3.45. The standard InChI is InChI=1S/C23H29N3O5S2/c1-18-6-10-21(11-7-18)33(30,31)26-16-4-5-19(17-26)23(27)24-20-8-12-22(13-9-20)32(28,29)25-14-2-3-15-25/h6-13,19H,2-5,14-17H2,1H3,(H,24,27). The minimum atomic E-state index is -3.67. The highest BCUT2D eigenvalue weighted by molar-refractivity contribution is 7.89. The summed E-state index contributed by atoms with van der Waals surface area (Å²) in [5.74, 6) is -0.749. The molecule has 1 unspecified atom stereocenters. The lowest BCUT2D eigenvalue weighted by Gasteiger charge is -2.31. The molecule has 10 heteroatoms. The number of aryl methyl sites for hydroxylation is 1. The van der Waals surface area contributed by atoms with Gasteiger partial charge in [0.25, 0.3) is 0 Å². The first-order valence-corrected chi connectivity index (χ1v) is 14.0. The molecule has 2 heterocycles. The van der Waals surface area contributed by atoms with Crippen molar-refractivity contribution in [3.8, 4) is 0 Å². The summed E-state index contributed by atoms with van der Waals surface area (Å²) in [4.78, 5) is 13.3. The first-order valence-electron chi connectivity index (χ1n) is 11.2. The number of hydrogen-bond acceptors (Lipinski definition) is 5. The molecule has 2 aliphatic rings. The largest absolute Gasteiger partial charge is 0.326 e. The number of carbonyl (C=O) groups is 1. The van der Waals surface area contributed by atoms with Crippen LogP contribution in [0.2, 0.25) is 0 Å². The first-order chi connectivity index (χ1) is 15.7. The average Bonchev–Trinajstić information content (AvgIpc) is 3.36. The normalized spacial score (nSPS) is 20.6. The van der Waals surface area contributed by atoms with Gasteiger partial charge < -0.3 is 5.32 Å². The van der Waals surface area contributed by atoms with Crippen molar-refractivity contribution in [2.45, 2.75) is 42.4 Å². The van der Waals surface area contributed by atoms with Gasteiger partial charge in [0.1, 0.15) is 0 Å². The van der Waals surface area contributed by atoms with Crippen LogP contribution in [-0.2, 0) is 24.8 Å². The highest BCUT2D eigenvalue weighted by Crippen LogP contribution is 2.26. The summed E-state index contributed by atoms with van der Waals surface area (Å²) in [6.07, 6.45) is 2.92. The van der Waals surface area contributed by atoms with Crippen LogP contribution in [0.3, 0.4) is 0 Å². The summed E-state index contributed by atoms with van der Waals surface area (Å²) in [6, 6.07) is 12.8. The number of piperidine rings is 1. The number of benzene rings is 2.